The van der Waals surface area contributed by atoms with Crippen LogP contribution in [0, 0.1) is 10.1 Å². The first-order valence-electron chi connectivity index (χ1n) is 4.82. The highest BCUT2D eigenvalue weighted by Crippen LogP contribution is 2.17. The van der Waals surface area contributed by atoms with E-state index in [1.54, 1.807) is 6.92 Å². The van der Waals surface area contributed by atoms with E-state index in [2.05, 4.69) is 4.74 Å². The van der Waals surface area contributed by atoms with Gasteiger partial charge in [-0.25, -0.2) is 4.79 Å². The topological polar surface area (TPSA) is 105 Å². The summed E-state index contributed by atoms with van der Waals surface area (Å²) in [6.07, 6.45) is -1.35. The van der Waals surface area contributed by atoms with Gasteiger partial charge in [-0.15, -0.1) is 0 Å². The van der Waals surface area contributed by atoms with Crippen LogP contribution < -0.4 is 10.5 Å². The molecule has 1 atom stereocenters. The molecule has 0 aromatic heterocycles. The number of benzene rings is 1. The van der Waals surface area contributed by atoms with Crippen LogP contribution in [0.3, 0.4) is 0 Å². The number of hydrogen-bond donors (Lipinski definition) is 1. The number of nitrogens with two attached hydrogens (primary N) is 1. The van der Waals surface area contributed by atoms with Gasteiger partial charge in [0.1, 0.15) is 18.5 Å². The Morgan fingerprint density at radius 1 is 1.47 bits per heavy atom. The molecule has 0 heterocycles. The van der Waals surface area contributed by atoms with Gasteiger partial charge in [-0.3, -0.25) is 10.1 Å². The molecule has 0 radical (unpaired) electrons. The molecule has 7 heteroatoms. The Hall–Kier alpha value is -2.31. The average molecular weight is 240 g/mol. The van der Waals surface area contributed by atoms with Crippen molar-refractivity contribution in [2.24, 2.45) is 5.73 Å². The summed E-state index contributed by atoms with van der Waals surface area (Å²) < 4.78 is 9.89. The van der Waals surface area contributed by atoms with Crippen LogP contribution in [0.15, 0.2) is 24.3 Å². The molecule has 0 saturated heterocycles. The quantitative estimate of drug-likeness (QED) is 0.619. The predicted octanol–water partition coefficient (Wildman–Crippen LogP) is 1.46. The minimum absolute atomic E-state index is 0.0150. The summed E-state index contributed by atoms with van der Waals surface area (Å²) >= 11 is 0. The lowest BCUT2D eigenvalue weighted by Gasteiger charge is -2.12. The van der Waals surface area contributed by atoms with Gasteiger partial charge in [0.15, 0.2) is 0 Å². The Bertz CT molecular complexity index is 404. The lowest BCUT2D eigenvalue weighted by atomic mass is 10.3. The van der Waals surface area contributed by atoms with Gasteiger partial charge in [0.25, 0.3) is 5.69 Å². The van der Waals surface area contributed by atoms with Crippen LogP contribution in [0.25, 0.3) is 0 Å². The summed E-state index contributed by atoms with van der Waals surface area (Å²) in [5.41, 5.74) is 4.81. The van der Waals surface area contributed by atoms with Crippen molar-refractivity contribution in [1.29, 1.82) is 0 Å². The molecule has 1 rings (SSSR count). The van der Waals surface area contributed by atoms with E-state index in [0.717, 1.165) is 0 Å². The second-order valence-corrected chi connectivity index (χ2v) is 3.31. The summed E-state index contributed by atoms with van der Waals surface area (Å²) in [5, 5.41) is 10.4. The van der Waals surface area contributed by atoms with Crippen LogP contribution in [-0.2, 0) is 4.74 Å². The van der Waals surface area contributed by atoms with Crippen molar-refractivity contribution in [3.8, 4) is 5.75 Å². The van der Waals surface area contributed by atoms with Gasteiger partial charge in [0, 0.05) is 12.1 Å². The molecule has 0 aliphatic heterocycles. The van der Waals surface area contributed by atoms with Gasteiger partial charge >= 0.3 is 6.09 Å². The zero-order chi connectivity index (χ0) is 12.8. The maximum atomic E-state index is 10.4. The molecule has 92 valence electrons. The zero-order valence-corrected chi connectivity index (χ0v) is 9.16. The minimum Gasteiger partial charge on any atom is -0.490 e. The second kappa shape index (κ2) is 5.69. The molecular weight excluding hydrogens is 228 g/mol. The maximum Gasteiger partial charge on any atom is 0.404 e. The Morgan fingerprint density at radius 2 is 2.06 bits per heavy atom. The van der Waals surface area contributed by atoms with Gasteiger partial charge in [-0.1, -0.05) is 0 Å². The number of non-ortho nitro benzene ring substituents is 1. The van der Waals surface area contributed by atoms with E-state index in [1.807, 2.05) is 0 Å². The second-order valence-electron chi connectivity index (χ2n) is 3.31. The van der Waals surface area contributed by atoms with Crippen LogP contribution in [0.2, 0.25) is 0 Å². The number of primary amides is 1. The molecule has 17 heavy (non-hydrogen) atoms. The molecule has 0 aliphatic carbocycles. The van der Waals surface area contributed by atoms with E-state index < -0.39 is 17.1 Å². The lowest BCUT2D eigenvalue weighted by Crippen LogP contribution is -2.25. The number of carbonyl (C=O) groups is 1. The van der Waals surface area contributed by atoms with Crippen LogP contribution in [0.4, 0.5) is 10.5 Å². The van der Waals surface area contributed by atoms with Crippen LogP contribution in [0.1, 0.15) is 6.92 Å². The van der Waals surface area contributed by atoms with E-state index in [-0.39, 0.29) is 12.3 Å². The first kappa shape index (κ1) is 12.8. The molecule has 0 spiro atoms. The van der Waals surface area contributed by atoms with E-state index in [0.29, 0.717) is 5.75 Å². The van der Waals surface area contributed by atoms with Gasteiger partial charge in [0.2, 0.25) is 0 Å². The van der Waals surface area contributed by atoms with E-state index in [4.69, 9.17) is 10.5 Å². The molecule has 1 amide bonds. The van der Waals surface area contributed by atoms with Crippen molar-refractivity contribution in [3.63, 3.8) is 0 Å². The number of carbonyl (C=O) groups excluding carboxylic acids is 1. The van der Waals surface area contributed by atoms with Gasteiger partial charge in [-0.2, -0.15) is 0 Å². The number of nitro benzene ring substituents is 1. The molecular formula is C10H12N2O5. The van der Waals surface area contributed by atoms with Gasteiger partial charge in [0.05, 0.1) is 4.92 Å². The van der Waals surface area contributed by atoms with Crippen molar-refractivity contribution >= 4 is 11.8 Å². The molecule has 1 aromatic carbocycles. The summed E-state index contributed by atoms with van der Waals surface area (Å²) in [7, 11) is 0. The molecule has 0 fully saturated rings. The van der Waals surface area contributed by atoms with Crippen molar-refractivity contribution in [2.75, 3.05) is 6.61 Å². The largest absolute Gasteiger partial charge is 0.490 e. The highest BCUT2D eigenvalue weighted by Gasteiger charge is 2.08. The third-order valence-corrected chi connectivity index (χ3v) is 1.85. The van der Waals surface area contributed by atoms with Crippen LogP contribution in [0.5, 0.6) is 5.75 Å². The fourth-order valence-corrected chi connectivity index (χ4v) is 1.11. The van der Waals surface area contributed by atoms with Crippen molar-refractivity contribution in [2.45, 2.75) is 13.0 Å². The number of hydrogen-bond acceptors (Lipinski definition) is 5. The molecule has 1 unspecified atom stereocenters. The Morgan fingerprint density at radius 3 is 2.53 bits per heavy atom. The SMILES string of the molecule is CC(COc1ccc([N+](=O)[O-])cc1)OC(N)=O. The number of amides is 1. The van der Waals surface area contributed by atoms with Crippen molar-refractivity contribution in [3.05, 3.63) is 34.4 Å². The fraction of sp³-hybridized carbons (Fsp3) is 0.300. The van der Waals surface area contributed by atoms with E-state index >= 15 is 0 Å². The number of nitro groups is 1. The van der Waals surface area contributed by atoms with Gasteiger partial charge in [-0.05, 0) is 19.1 Å². The summed E-state index contributed by atoms with van der Waals surface area (Å²) in [4.78, 5) is 20.3. The minimum atomic E-state index is -0.871. The number of ether oxygens (including phenoxy) is 2. The molecule has 7 nitrogen and oxygen atoms in total. The van der Waals surface area contributed by atoms with Crippen LogP contribution in [-0.4, -0.2) is 23.7 Å². The standard InChI is InChI=1S/C10H12N2O5/c1-7(17-10(11)13)6-16-9-4-2-8(3-5-9)12(14)15/h2-5,7H,6H2,1H3,(H2,11,13). The maximum absolute atomic E-state index is 10.4. The summed E-state index contributed by atoms with van der Waals surface area (Å²) in [6.45, 7) is 1.75. The highest BCUT2D eigenvalue weighted by atomic mass is 16.6. The first-order valence-corrected chi connectivity index (χ1v) is 4.82. The molecule has 0 aliphatic rings. The smallest absolute Gasteiger partial charge is 0.404 e. The monoisotopic (exact) mass is 240 g/mol. The third-order valence-electron chi connectivity index (χ3n) is 1.85. The fourth-order valence-electron chi connectivity index (χ4n) is 1.11. The highest BCUT2D eigenvalue weighted by molar-refractivity contribution is 5.64. The molecule has 1 aromatic rings. The van der Waals surface area contributed by atoms with Crippen molar-refractivity contribution in [1.82, 2.24) is 0 Å². The van der Waals surface area contributed by atoms with Gasteiger partial charge < -0.3 is 15.2 Å². The molecule has 0 saturated carbocycles. The summed E-state index contributed by atoms with van der Waals surface area (Å²) in [5.74, 6) is 0.454. The average Bonchev–Trinajstić information content (AvgIpc) is 2.26. The normalized spacial score (nSPS) is 11.6. The van der Waals surface area contributed by atoms with E-state index in [1.165, 1.54) is 24.3 Å². The first-order chi connectivity index (χ1) is 7.99. The van der Waals surface area contributed by atoms with E-state index in [9.17, 15) is 14.9 Å². The molecule has 2 N–H and O–H groups in total. The van der Waals surface area contributed by atoms with Crippen molar-refractivity contribution < 1.29 is 19.2 Å². The summed E-state index contributed by atoms with van der Waals surface area (Å²) in [6, 6.07) is 5.59. The number of rotatable bonds is 5. The number of nitrogens with zero attached hydrogens (tertiary/aromatic N) is 1. The Balaban J connectivity index is 2.47. The lowest BCUT2D eigenvalue weighted by molar-refractivity contribution is -0.384. The third kappa shape index (κ3) is 4.37. The molecule has 0 bridgehead atoms. The zero-order valence-electron chi connectivity index (χ0n) is 9.16. The Labute approximate surface area is 97.3 Å². The predicted molar refractivity (Wildman–Crippen MR) is 58.7 cm³/mol. The van der Waals surface area contributed by atoms with Crippen LogP contribution >= 0.6 is 0 Å². The Kier molecular flexibility index (Phi) is 4.27.